The smallest absolute Gasteiger partial charge is 0.272 e. The first-order valence-electron chi connectivity index (χ1n) is 9.60. The molecule has 2 aromatic heterocycles. The molecule has 8 nitrogen and oxygen atoms in total. The summed E-state index contributed by atoms with van der Waals surface area (Å²) >= 11 is 0. The predicted molar refractivity (Wildman–Crippen MR) is 108 cm³/mol. The van der Waals surface area contributed by atoms with Crippen LogP contribution in [0.5, 0.6) is 11.5 Å². The number of likely N-dealkylation sites (tertiary alicyclic amines) is 1. The second-order valence-corrected chi connectivity index (χ2v) is 7.30. The van der Waals surface area contributed by atoms with Crippen LogP contribution in [0.15, 0.2) is 35.1 Å². The maximum Gasteiger partial charge on any atom is 0.272 e. The summed E-state index contributed by atoms with van der Waals surface area (Å²) in [6, 6.07) is 8.61. The number of rotatable bonds is 4. The van der Waals surface area contributed by atoms with E-state index < -0.39 is 0 Å². The maximum atomic E-state index is 13.1. The summed E-state index contributed by atoms with van der Waals surface area (Å²) < 4.78 is 12.0. The molecule has 29 heavy (non-hydrogen) atoms. The Kier molecular flexibility index (Phi) is 5.00. The van der Waals surface area contributed by atoms with Crippen LogP contribution in [0.25, 0.3) is 5.65 Å². The lowest BCUT2D eigenvalue weighted by molar-refractivity contribution is 0.0705. The van der Waals surface area contributed by atoms with Crippen LogP contribution in [0.1, 0.15) is 40.5 Å². The average Bonchev–Trinajstić information content (AvgIpc) is 3.17. The molecule has 0 bridgehead atoms. The second-order valence-electron chi connectivity index (χ2n) is 7.30. The predicted octanol–water partition coefficient (Wildman–Crippen LogP) is 2.37. The minimum absolute atomic E-state index is 0.0436. The molecule has 0 spiro atoms. The summed E-state index contributed by atoms with van der Waals surface area (Å²) in [6.45, 7) is 3.08. The molecule has 0 radical (unpaired) electrons. The van der Waals surface area contributed by atoms with Gasteiger partial charge in [-0.05, 0) is 38.0 Å². The van der Waals surface area contributed by atoms with E-state index in [0.717, 1.165) is 18.5 Å². The van der Waals surface area contributed by atoms with E-state index in [2.05, 4.69) is 10.1 Å². The second kappa shape index (κ2) is 7.62. The third kappa shape index (κ3) is 3.57. The number of methoxy groups -OCH3 is 2. The van der Waals surface area contributed by atoms with Crippen molar-refractivity contribution in [3.8, 4) is 11.5 Å². The molecule has 1 saturated heterocycles. The minimum Gasteiger partial charge on any atom is -0.493 e. The maximum absolute atomic E-state index is 13.1. The van der Waals surface area contributed by atoms with Gasteiger partial charge in [0.2, 0.25) is 0 Å². The van der Waals surface area contributed by atoms with Gasteiger partial charge in [0.25, 0.3) is 11.5 Å². The Labute approximate surface area is 168 Å². The molecule has 4 rings (SSSR count). The van der Waals surface area contributed by atoms with E-state index in [0.29, 0.717) is 41.5 Å². The highest BCUT2D eigenvalue weighted by atomic mass is 16.5. The molecular formula is C21H24N4O4. The van der Waals surface area contributed by atoms with Gasteiger partial charge in [-0.2, -0.15) is 0 Å². The molecule has 1 amide bonds. The van der Waals surface area contributed by atoms with E-state index in [1.807, 2.05) is 11.0 Å². The highest BCUT2D eigenvalue weighted by Gasteiger charge is 2.27. The zero-order chi connectivity index (χ0) is 20.5. The lowest BCUT2D eigenvalue weighted by Crippen LogP contribution is -2.39. The molecule has 1 aliphatic rings. The van der Waals surface area contributed by atoms with Gasteiger partial charge in [-0.15, -0.1) is 0 Å². The standard InChI is InChI=1S/C21H24N4O4/c1-13-9-20(26)25-19(22-13)11-16(23-25)15-5-4-8-24(12-15)21(27)14-6-7-17(28-2)18(10-14)29-3/h6-7,9-11,15,23H,4-5,8,12H2,1-3H3. The third-order valence-electron chi connectivity index (χ3n) is 5.38. The molecule has 1 fully saturated rings. The van der Waals surface area contributed by atoms with Crippen LogP contribution in [0.2, 0.25) is 0 Å². The Bertz CT molecular complexity index is 1120. The highest BCUT2D eigenvalue weighted by Crippen LogP contribution is 2.30. The van der Waals surface area contributed by atoms with Crippen molar-refractivity contribution in [2.75, 3.05) is 27.3 Å². The zero-order valence-electron chi connectivity index (χ0n) is 16.8. The van der Waals surface area contributed by atoms with Crippen LogP contribution < -0.4 is 15.0 Å². The molecule has 152 valence electrons. The van der Waals surface area contributed by atoms with E-state index in [4.69, 9.17) is 9.47 Å². The number of benzene rings is 1. The van der Waals surface area contributed by atoms with Crippen LogP contribution in [-0.4, -0.2) is 52.7 Å². The van der Waals surface area contributed by atoms with Gasteiger partial charge in [0.1, 0.15) is 0 Å². The van der Waals surface area contributed by atoms with Crippen molar-refractivity contribution >= 4 is 11.6 Å². The Balaban J connectivity index is 1.58. The molecule has 3 aromatic rings. The van der Waals surface area contributed by atoms with Gasteiger partial charge in [0.15, 0.2) is 17.1 Å². The Morgan fingerprint density at radius 2 is 1.97 bits per heavy atom. The lowest BCUT2D eigenvalue weighted by Gasteiger charge is -2.32. The zero-order valence-corrected chi connectivity index (χ0v) is 16.8. The van der Waals surface area contributed by atoms with E-state index in [1.54, 1.807) is 39.3 Å². The Morgan fingerprint density at radius 1 is 1.17 bits per heavy atom. The van der Waals surface area contributed by atoms with Crippen LogP contribution in [0.4, 0.5) is 0 Å². The van der Waals surface area contributed by atoms with Gasteiger partial charge >= 0.3 is 0 Å². The average molecular weight is 396 g/mol. The molecule has 0 aliphatic carbocycles. The van der Waals surface area contributed by atoms with Gasteiger partial charge < -0.3 is 14.4 Å². The van der Waals surface area contributed by atoms with Gasteiger partial charge in [0, 0.05) is 48.1 Å². The molecule has 8 heteroatoms. The van der Waals surface area contributed by atoms with E-state index in [9.17, 15) is 9.59 Å². The normalized spacial score (nSPS) is 16.8. The third-order valence-corrected chi connectivity index (χ3v) is 5.38. The SMILES string of the molecule is COc1ccc(C(=O)N2CCCC(c3cc4nc(C)cc(=O)n4[nH]3)C2)cc1OC. The Morgan fingerprint density at radius 3 is 2.72 bits per heavy atom. The first-order chi connectivity index (χ1) is 14.0. The summed E-state index contributed by atoms with van der Waals surface area (Å²) in [7, 11) is 3.12. The number of fused-ring (bicyclic) bond motifs is 1. The molecule has 3 heterocycles. The number of hydrogen-bond acceptors (Lipinski definition) is 5. The molecule has 1 unspecified atom stereocenters. The summed E-state index contributed by atoms with van der Waals surface area (Å²) in [5, 5.41) is 3.16. The lowest BCUT2D eigenvalue weighted by atomic mass is 9.94. The van der Waals surface area contributed by atoms with Crippen molar-refractivity contribution in [1.29, 1.82) is 0 Å². The molecular weight excluding hydrogens is 372 g/mol. The van der Waals surface area contributed by atoms with Crippen LogP contribution in [-0.2, 0) is 0 Å². The number of nitrogens with zero attached hydrogens (tertiary/aromatic N) is 3. The van der Waals surface area contributed by atoms with Gasteiger partial charge in [-0.3, -0.25) is 14.7 Å². The number of H-pyrrole nitrogens is 1. The summed E-state index contributed by atoms with van der Waals surface area (Å²) in [6.07, 6.45) is 1.83. The van der Waals surface area contributed by atoms with Gasteiger partial charge in [-0.25, -0.2) is 9.50 Å². The largest absolute Gasteiger partial charge is 0.493 e. The monoisotopic (exact) mass is 396 g/mol. The number of carbonyl (C=O) groups is 1. The van der Waals surface area contributed by atoms with Crippen LogP contribution >= 0.6 is 0 Å². The van der Waals surface area contributed by atoms with E-state index in [-0.39, 0.29) is 17.4 Å². The van der Waals surface area contributed by atoms with Crippen molar-refractivity contribution < 1.29 is 14.3 Å². The number of hydrogen-bond donors (Lipinski definition) is 1. The van der Waals surface area contributed by atoms with Crippen LogP contribution in [0, 0.1) is 6.92 Å². The number of amides is 1. The van der Waals surface area contributed by atoms with Crippen molar-refractivity contribution in [2.45, 2.75) is 25.7 Å². The Hall–Kier alpha value is -3.29. The van der Waals surface area contributed by atoms with Crippen molar-refractivity contribution in [3.05, 3.63) is 57.6 Å². The first-order valence-corrected chi connectivity index (χ1v) is 9.60. The molecule has 1 atom stereocenters. The number of aromatic amines is 1. The summed E-state index contributed by atoms with van der Waals surface area (Å²) in [4.78, 5) is 31.5. The summed E-state index contributed by atoms with van der Waals surface area (Å²) in [5.41, 5.74) is 2.65. The number of piperidine rings is 1. The number of carbonyl (C=O) groups excluding carboxylic acids is 1. The van der Waals surface area contributed by atoms with Crippen LogP contribution in [0.3, 0.4) is 0 Å². The molecule has 0 saturated carbocycles. The topological polar surface area (TPSA) is 88.9 Å². The fraction of sp³-hybridized carbons (Fsp3) is 0.381. The highest BCUT2D eigenvalue weighted by molar-refractivity contribution is 5.95. The number of nitrogens with one attached hydrogen (secondary N) is 1. The number of ether oxygens (including phenoxy) is 2. The molecule has 1 aliphatic heterocycles. The van der Waals surface area contributed by atoms with E-state index in [1.165, 1.54) is 10.6 Å². The first kappa shape index (κ1) is 19.0. The number of aromatic nitrogens is 3. The summed E-state index contributed by atoms with van der Waals surface area (Å²) in [5.74, 6) is 1.20. The fourth-order valence-corrected chi connectivity index (χ4v) is 3.91. The van der Waals surface area contributed by atoms with Crippen molar-refractivity contribution in [2.24, 2.45) is 0 Å². The minimum atomic E-state index is -0.132. The van der Waals surface area contributed by atoms with Crippen molar-refractivity contribution in [1.82, 2.24) is 19.5 Å². The van der Waals surface area contributed by atoms with Gasteiger partial charge in [0.05, 0.1) is 14.2 Å². The molecule has 1 N–H and O–H groups in total. The van der Waals surface area contributed by atoms with Crippen molar-refractivity contribution in [3.63, 3.8) is 0 Å². The fourth-order valence-electron chi connectivity index (χ4n) is 3.91. The molecule has 1 aromatic carbocycles. The van der Waals surface area contributed by atoms with E-state index >= 15 is 0 Å². The van der Waals surface area contributed by atoms with Gasteiger partial charge in [-0.1, -0.05) is 0 Å². The quantitative estimate of drug-likeness (QED) is 0.731. The number of aryl methyl sites for hydroxylation is 1.